The molecule has 0 radical (unpaired) electrons. The van der Waals surface area contributed by atoms with Crippen LogP contribution in [0.5, 0.6) is 0 Å². The van der Waals surface area contributed by atoms with E-state index in [4.69, 9.17) is 9.84 Å². The van der Waals surface area contributed by atoms with Gasteiger partial charge in [-0.2, -0.15) is 0 Å². The number of carboxylic acids is 1. The Bertz CT molecular complexity index is 349. The number of ether oxygens (including phenoxy) is 1. The second kappa shape index (κ2) is 4.19. The zero-order chi connectivity index (χ0) is 10.7. The van der Waals surface area contributed by atoms with E-state index in [9.17, 15) is 9.18 Å². The summed E-state index contributed by atoms with van der Waals surface area (Å²) in [6.07, 6.45) is -1.03. The van der Waals surface area contributed by atoms with Gasteiger partial charge in [-0.25, -0.2) is 9.18 Å². The number of aliphatic carboxylic acids is 1. The van der Waals surface area contributed by atoms with Crippen LogP contribution < -0.4 is 0 Å². The normalized spacial score (nSPS) is 12.5. The van der Waals surface area contributed by atoms with Crippen LogP contribution in [-0.4, -0.2) is 18.2 Å². The van der Waals surface area contributed by atoms with Gasteiger partial charge in [0.1, 0.15) is 5.82 Å². The van der Waals surface area contributed by atoms with E-state index in [1.807, 2.05) is 0 Å². The van der Waals surface area contributed by atoms with E-state index in [1.54, 1.807) is 6.92 Å². The molecule has 0 aliphatic carbocycles. The summed E-state index contributed by atoms with van der Waals surface area (Å²) in [5, 5.41) is 8.80. The molecule has 14 heavy (non-hydrogen) atoms. The van der Waals surface area contributed by atoms with E-state index in [1.165, 1.54) is 25.3 Å². The third-order valence-corrected chi connectivity index (χ3v) is 1.97. The second-order valence-electron chi connectivity index (χ2n) is 2.95. The highest BCUT2D eigenvalue weighted by atomic mass is 19.1. The van der Waals surface area contributed by atoms with Crippen LogP contribution >= 0.6 is 0 Å². The average molecular weight is 198 g/mol. The summed E-state index contributed by atoms with van der Waals surface area (Å²) in [6.45, 7) is 1.65. The number of halogens is 1. The summed E-state index contributed by atoms with van der Waals surface area (Å²) in [4.78, 5) is 10.7. The number of carboxylic acid groups (broad SMARTS) is 1. The molecule has 1 aromatic rings. The molecule has 0 aromatic heterocycles. The van der Waals surface area contributed by atoms with Gasteiger partial charge in [-0.1, -0.05) is 6.07 Å². The van der Waals surface area contributed by atoms with Crippen molar-refractivity contribution in [3.05, 3.63) is 35.1 Å². The summed E-state index contributed by atoms with van der Waals surface area (Å²) in [7, 11) is 1.31. The first-order chi connectivity index (χ1) is 6.56. The van der Waals surface area contributed by atoms with Crippen LogP contribution in [0.4, 0.5) is 4.39 Å². The Morgan fingerprint density at radius 2 is 2.21 bits per heavy atom. The molecule has 1 N–H and O–H groups in total. The lowest BCUT2D eigenvalue weighted by molar-refractivity contribution is -0.148. The topological polar surface area (TPSA) is 46.5 Å². The lowest BCUT2D eigenvalue weighted by Crippen LogP contribution is -2.14. The van der Waals surface area contributed by atoms with Crippen LogP contribution in [0.2, 0.25) is 0 Å². The molecular weight excluding hydrogens is 187 g/mol. The Morgan fingerprint density at radius 1 is 1.57 bits per heavy atom. The van der Waals surface area contributed by atoms with Crippen LogP contribution in [0.25, 0.3) is 0 Å². The third-order valence-electron chi connectivity index (χ3n) is 1.97. The molecule has 0 aliphatic heterocycles. The monoisotopic (exact) mass is 198 g/mol. The van der Waals surface area contributed by atoms with Crippen molar-refractivity contribution in [1.29, 1.82) is 0 Å². The predicted molar refractivity (Wildman–Crippen MR) is 48.5 cm³/mol. The van der Waals surface area contributed by atoms with Crippen molar-refractivity contribution in [3.63, 3.8) is 0 Å². The van der Waals surface area contributed by atoms with Gasteiger partial charge >= 0.3 is 5.97 Å². The van der Waals surface area contributed by atoms with Crippen molar-refractivity contribution in [2.45, 2.75) is 13.0 Å². The molecule has 1 unspecified atom stereocenters. The van der Waals surface area contributed by atoms with E-state index in [0.717, 1.165) is 0 Å². The van der Waals surface area contributed by atoms with Crippen molar-refractivity contribution >= 4 is 5.97 Å². The molecular formula is C10H11FO3. The highest BCUT2D eigenvalue weighted by molar-refractivity contribution is 5.74. The summed E-state index contributed by atoms with van der Waals surface area (Å²) >= 11 is 0. The molecule has 0 saturated carbocycles. The molecule has 4 heteroatoms. The highest BCUT2D eigenvalue weighted by Crippen LogP contribution is 2.21. The molecule has 1 rings (SSSR count). The lowest BCUT2D eigenvalue weighted by atomic mass is 10.0. The van der Waals surface area contributed by atoms with Crippen molar-refractivity contribution in [3.8, 4) is 0 Å². The third kappa shape index (κ3) is 2.09. The fourth-order valence-corrected chi connectivity index (χ4v) is 1.29. The van der Waals surface area contributed by atoms with E-state index in [2.05, 4.69) is 0 Å². The van der Waals surface area contributed by atoms with Crippen molar-refractivity contribution < 1.29 is 19.0 Å². The lowest BCUT2D eigenvalue weighted by Gasteiger charge is -2.13. The molecule has 0 saturated heterocycles. The maximum atomic E-state index is 12.7. The zero-order valence-electron chi connectivity index (χ0n) is 7.95. The maximum Gasteiger partial charge on any atom is 0.337 e. The summed E-state index contributed by atoms with van der Waals surface area (Å²) in [6, 6.07) is 3.93. The van der Waals surface area contributed by atoms with Crippen molar-refractivity contribution in [2.75, 3.05) is 7.11 Å². The minimum Gasteiger partial charge on any atom is -0.479 e. The second-order valence-corrected chi connectivity index (χ2v) is 2.95. The Kier molecular flexibility index (Phi) is 3.19. The smallest absolute Gasteiger partial charge is 0.337 e. The van der Waals surface area contributed by atoms with Gasteiger partial charge in [0.25, 0.3) is 0 Å². The van der Waals surface area contributed by atoms with Crippen LogP contribution in [-0.2, 0) is 9.53 Å². The number of aryl methyl sites for hydroxylation is 1. The van der Waals surface area contributed by atoms with Gasteiger partial charge in [0.2, 0.25) is 0 Å². The first-order valence-electron chi connectivity index (χ1n) is 4.08. The van der Waals surface area contributed by atoms with E-state index >= 15 is 0 Å². The fourth-order valence-electron chi connectivity index (χ4n) is 1.29. The number of methoxy groups -OCH3 is 1. The molecule has 0 aliphatic rings. The van der Waals surface area contributed by atoms with Gasteiger partial charge in [0, 0.05) is 7.11 Å². The number of hydrogen-bond acceptors (Lipinski definition) is 2. The minimum atomic E-state index is -1.08. The van der Waals surface area contributed by atoms with Crippen molar-refractivity contribution in [1.82, 2.24) is 0 Å². The van der Waals surface area contributed by atoms with Crippen molar-refractivity contribution in [2.24, 2.45) is 0 Å². The van der Waals surface area contributed by atoms with E-state index < -0.39 is 12.1 Å². The summed E-state index contributed by atoms with van der Waals surface area (Å²) in [5.74, 6) is -1.46. The Balaban J connectivity index is 3.10. The standard InChI is InChI=1S/C10H11FO3/c1-6-5-7(11)3-4-8(6)9(14-2)10(12)13/h3-5,9H,1-2H3,(H,12,13). The minimum absolute atomic E-state index is 0.383. The van der Waals surface area contributed by atoms with Gasteiger partial charge in [-0.3, -0.25) is 0 Å². The highest BCUT2D eigenvalue weighted by Gasteiger charge is 2.20. The Morgan fingerprint density at radius 3 is 2.64 bits per heavy atom. The van der Waals surface area contributed by atoms with Gasteiger partial charge in [0.05, 0.1) is 0 Å². The Hall–Kier alpha value is -1.42. The van der Waals surface area contributed by atoms with Gasteiger partial charge in [-0.15, -0.1) is 0 Å². The van der Waals surface area contributed by atoms with Crippen LogP contribution in [0.15, 0.2) is 18.2 Å². The first-order valence-corrected chi connectivity index (χ1v) is 4.08. The van der Waals surface area contributed by atoms with Gasteiger partial charge in [-0.05, 0) is 30.2 Å². The van der Waals surface area contributed by atoms with Gasteiger partial charge in [0.15, 0.2) is 6.10 Å². The molecule has 3 nitrogen and oxygen atoms in total. The predicted octanol–water partition coefficient (Wildman–Crippen LogP) is 1.91. The molecule has 1 atom stereocenters. The molecule has 0 fully saturated rings. The van der Waals surface area contributed by atoms with Crippen LogP contribution in [0.1, 0.15) is 17.2 Å². The quantitative estimate of drug-likeness (QED) is 0.806. The molecule has 0 spiro atoms. The largest absolute Gasteiger partial charge is 0.479 e. The Labute approximate surface area is 81.1 Å². The SMILES string of the molecule is COC(C(=O)O)c1ccc(F)cc1C. The fraction of sp³-hybridized carbons (Fsp3) is 0.300. The number of benzene rings is 1. The van der Waals surface area contributed by atoms with E-state index in [-0.39, 0.29) is 5.82 Å². The van der Waals surface area contributed by atoms with Gasteiger partial charge < -0.3 is 9.84 Å². The van der Waals surface area contributed by atoms with E-state index in [0.29, 0.717) is 11.1 Å². The molecule has 0 amide bonds. The maximum absolute atomic E-state index is 12.7. The number of hydrogen-bond donors (Lipinski definition) is 1. The molecule has 1 aromatic carbocycles. The zero-order valence-corrected chi connectivity index (χ0v) is 7.95. The average Bonchev–Trinajstić information content (AvgIpc) is 2.09. The molecule has 0 heterocycles. The molecule has 76 valence electrons. The first kappa shape index (κ1) is 10.7. The summed E-state index contributed by atoms with van der Waals surface area (Å²) in [5.41, 5.74) is 1.04. The number of rotatable bonds is 3. The summed E-state index contributed by atoms with van der Waals surface area (Å²) < 4.78 is 17.5. The van der Waals surface area contributed by atoms with Crippen LogP contribution in [0.3, 0.4) is 0 Å². The molecule has 0 bridgehead atoms. The number of carbonyl (C=O) groups is 1. The van der Waals surface area contributed by atoms with Crippen LogP contribution in [0, 0.1) is 12.7 Å².